The Bertz CT molecular complexity index is 375. The van der Waals surface area contributed by atoms with Gasteiger partial charge in [0.25, 0.3) is 0 Å². The van der Waals surface area contributed by atoms with Crippen molar-refractivity contribution in [2.24, 2.45) is 0 Å². The Morgan fingerprint density at radius 3 is 2.71 bits per heavy atom. The SMILES string of the molecule is CNC1CCCC(Sc2ccc(C)c(C)c2)C1. The second kappa shape index (κ2) is 5.92. The van der Waals surface area contributed by atoms with E-state index in [-0.39, 0.29) is 0 Å². The highest BCUT2D eigenvalue weighted by Gasteiger charge is 2.21. The molecule has 0 bridgehead atoms. The summed E-state index contributed by atoms with van der Waals surface area (Å²) in [6.45, 7) is 4.39. The van der Waals surface area contributed by atoms with E-state index in [0.717, 1.165) is 11.3 Å². The molecule has 0 aromatic heterocycles. The van der Waals surface area contributed by atoms with Gasteiger partial charge in [-0.3, -0.25) is 0 Å². The predicted octanol–water partition coefficient (Wildman–Crippen LogP) is 3.93. The van der Waals surface area contributed by atoms with E-state index in [1.165, 1.54) is 41.7 Å². The van der Waals surface area contributed by atoms with E-state index in [9.17, 15) is 0 Å². The molecule has 1 fully saturated rings. The molecular formula is C15H23NS. The molecule has 0 amide bonds. The van der Waals surface area contributed by atoms with Crippen LogP contribution < -0.4 is 5.32 Å². The minimum atomic E-state index is 0.729. The molecule has 0 aliphatic heterocycles. The van der Waals surface area contributed by atoms with Crippen molar-refractivity contribution in [2.75, 3.05) is 7.05 Å². The molecule has 1 aliphatic carbocycles. The summed E-state index contributed by atoms with van der Waals surface area (Å²) >= 11 is 2.07. The highest BCUT2D eigenvalue weighted by Crippen LogP contribution is 2.34. The van der Waals surface area contributed by atoms with Gasteiger partial charge < -0.3 is 5.32 Å². The lowest BCUT2D eigenvalue weighted by molar-refractivity contribution is 0.402. The van der Waals surface area contributed by atoms with Crippen molar-refractivity contribution in [3.05, 3.63) is 29.3 Å². The molecule has 17 heavy (non-hydrogen) atoms. The fourth-order valence-corrected chi connectivity index (χ4v) is 3.88. The topological polar surface area (TPSA) is 12.0 Å². The molecule has 1 N–H and O–H groups in total. The molecule has 1 nitrogen and oxygen atoms in total. The van der Waals surface area contributed by atoms with E-state index in [4.69, 9.17) is 0 Å². The summed E-state index contributed by atoms with van der Waals surface area (Å²) in [4.78, 5) is 1.44. The number of benzene rings is 1. The van der Waals surface area contributed by atoms with Crippen LogP contribution in [0.1, 0.15) is 36.8 Å². The van der Waals surface area contributed by atoms with Crippen molar-refractivity contribution in [2.45, 2.75) is 55.7 Å². The van der Waals surface area contributed by atoms with Gasteiger partial charge >= 0.3 is 0 Å². The lowest BCUT2D eigenvalue weighted by Crippen LogP contribution is -2.32. The molecule has 1 aromatic rings. The summed E-state index contributed by atoms with van der Waals surface area (Å²) in [6, 6.07) is 7.59. The summed E-state index contributed by atoms with van der Waals surface area (Å²) in [5, 5.41) is 4.22. The van der Waals surface area contributed by atoms with Crippen molar-refractivity contribution in [3.8, 4) is 0 Å². The summed E-state index contributed by atoms with van der Waals surface area (Å²) < 4.78 is 0. The number of nitrogens with one attached hydrogen (secondary N) is 1. The Labute approximate surface area is 109 Å². The van der Waals surface area contributed by atoms with Crippen LogP contribution in [-0.4, -0.2) is 18.3 Å². The standard InChI is InChI=1S/C15H23NS/c1-11-7-8-15(9-12(11)2)17-14-6-4-5-13(10-14)16-3/h7-9,13-14,16H,4-6,10H2,1-3H3. The Balaban J connectivity index is 1.97. The molecule has 1 saturated carbocycles. The second-order valence-electron chi connectivity index (χ2n) is 5.14. The van der Waals surface area contributed by atoms with Crippen LogP contribution in [0.2, 0.25) is 0 Å². The molecule has 2 unspecified atom stereocenters. The molecular weight excluding hydrogens is 226 g/mol. The zero-order chi connectivity index (χ0) is 12.3. The molecule has 1 aromatic carbocycles. The van der Waals surface area contributed by atoms with Gasteiger partial charge in [-0.2, -0.15) is 0 Å². The van der Waals surface area contributed by atoms with Gasteiger partial charge in [-0.25, -0.2) is 0 Å². The maximum Gasteiger partial charge on any atom is 0.0109 e. The predicted molar refractivity (Wildman–Crippen MR) is 76.9 cm³/mol. The van der Waals surface area contributed by atoms with Crippen molar-refractivity contribution in [1.29, 1.82) is 0 Å². The van der Waals surface area contributed by atoms with Gasteiger partial charge in [-0.15, -0.1) is 11.8 Å². The van der Waals surface area contributed by atoms with Crippen LogP contribution in [0.3, 0.4) is 0 Å². The Hall–Kier alpha value is -0.470. The van der Waals surface area contributed by atoms with Gasteiger partial charge in [0.1, 0.15) is 0 Å². The zero-order valence-electron chi connectivity index (χ0n) is 11.1. The van der Waals surface area contributed by atoms with Crippen LogP contribution in [0, 0.1) is 13.8 Å². The quantitative estimate of drug-likeness (QED) is 0.871. The number of hydrogen-bond acceptors (Lipinski definition) is 2. The van der Waals surface area contributed by atoms with E-state index >= 15 is 0 Å². The van der Waals surface area contributed by atoms with E-state index in [1.807, 2.05) is 0 Å². The first-order valence-electron chi connectivity index (χ1n) is 6.60. The largest absolute Gasteiger partial charge is 0.317 e. The molecule has 2 atom stereocenters. The van der Waals surface area contributed by atoms with Crippen molar-refractivity contribution < 1.29 is 0 Å². The molecule has 2 heteroatoms. The third kappa shape index (κ3) is 3.49. The van der Waals surface area contributed by atoms with Gasteiger partial charge in [0, 0.05) is 16.2 Å². The molecule has 1 aliphatic rings. The second-order valence-corrected chi connectivity index (χ2v) is 6.51. The van der Waals surface area contributed by atoms with Gasteiger partial charge in [0.15, 0.2) is 0 Å². The fourth-order valence-electron chi connectivity index (χ4n) is 2.49. The lowest BCUT2D eigenvalue weighted by Gasteiger charge is -2.28. The fraction of sp³-hybridized carbons (Fsp3) is 0.600. The number of thioether (sulfide) groups is 1. The highest BCUT2D eigenvalue weighted by molar-refractivity contribution is 8.00. The van der Waals surface area contributed by atoms with Crippen LogP contribution in [0.15, 0.2) is 23.1 Å². The first-order chi connectivity index (χ1) is 8.19. The van der Waals surface area contributed by atoms with Crippen LogP contribution in [0.25, 0.3) is 0 Å². The zero-order valence-corrected chi connectivity index (χ0v) is 11.9. The van der Waals surface area contributed by atoms with Crippen LogP contribution in [-0.2, 0) is 0 Å². The summed E-state index contributed by atoms with van der Waals surface area (Å²) in [5.41, 5.74) is 2.81. The molecule has 0 radical (unpaired) electrons. The average Bonchev–Trinajstić information content (AvgIpc) is 2.34. The Kier molecular flexibility index (Phi) is 4.52. The normalized spacial score (nSPS) is 24.9. The summed E-state index contributed by atoms with van der Waals surface area (Å²) in [6.07, 6.45) is 5.40. The smallest absolute Gasteiger partial charge is 0.0109 e. The number of aryl methyl sites for hydroxylation is 2. The van der Waals surface area contributed by atoms with Crippen LogP contribution in [0.5, 0.6) is 0 Å². The highest BCUT2D eigenvalue weighted by atomic mass is 32.2. The van der Waals surface area contributed by atoms with Crippen molar-refractivity contribution in [3.63, 3.8) is 0 Å². The maximum absolute atomic E-state index is 3.43. The summed E-state index contributed by atoms with van der Waals surface area (Å²) in [7, 11) is 2.09. The Morgan fingerprint density at radius 1 is 1.18 bits per heavy atom. The van der Waals surface area contributed by atoms with Gasteiger partial charge in [0.2, 0.25) is 0 Å². The molecule has 0 saturated heterocycles. The molecule has 0 heterocycles. The van der Waals surface area contributed by atoms with E-state index in [2.05, 4.69) is 56.2 Å². The van der Waals surface area contributed by atoms with Crippen LogP contribution >= 0.6 is 11.8 Å². The maximum atomic E-state index is 3.43. The van der Waals surface area contributed by atoms with Crippen molar-refractivity contribution in [1.82, 2.24) is 5.32 Å². The van der Waals surface area contributed by atoms with Gasteiger partial charge in [-0.05, 0) is 63.4 Å². The third-order valence-corrected chi connectivity index (χ3v) is 5.10. The van der Waals surface area contributed by atoms with Gasteiger partial charge in [0.05, 0.1) is 0 Å². The minimum Gasteiger partial charge on any atom is -0.317 e. The lowest BCUT2D eigenvalue weighted by atomic mass is 9.95. The average molecular weight is 249 g/mol. The molecule has 2 rings (SSSR count). The van der Waals surface area contributed by atoms with E-state index in [0.29, 0.717) is 0 Å². The number of rotatable bonds is 3. The summed E-state index contributed by atoms with van der Waals surface area (Å²) in [5.74, 6) is 0. The van der Waals surface area contributed by atoms with E-state index < -0.39 is 0 Å². The van der Waals surface area contributed by atoms with E-state index in [1.54, 1.807) is 0 Å². The number of hydrogen-bond donors (Lipinski definition) is 1. The Morgan fingerprint density at radius 2 is 2.00 bits per heavy atom. The third-order valence-electron chi connectivity index (χ3n) is 3.82. The molecule has 94 valence electrons. The first-order valence-corrected chi connectivity index (χ1v) is 7.48. The minimum absolute atomic E-state index is 0.729. The first kappa shape index (κ1) is 13.0. The van der Waals surface area contributed by atoms with Crippen LogP contribution in [0.4, 0.5) is 0 Å². The van der Waals surface area contributed by atoms with Crippen molar-refractivity contribution >= 4 is 11.8 Å². The molecule has 0 spiro atoms. The van der Waals surface area contributed by atoms with Gasteiger partial charge in [-0.1, -0.05) is 12.5 Å². The monoisotopic (exact) mass is 249 g/mol.